The molecule has 3 N–H and O–H groups in total. The number of aromatic nitrogens is 2. The first-order valence-corrected chi connectivity index (χ1v) is 11.4. The molecular weight excluding hydrogens is 448 g/mol. The van der Waals surface area contributed by atoms with Crippen LogP contribution >= 0.6 is 0 Å². The number of amides is 2. The van der Waals surface area contributed by atoms with Crippen LogP contribution in [-0.4, -0.2) is 45.5 Å². The average molecular weight is 477 g/mol. The Labute approximate surface area is 203 Å². The van der Waals surface area contributed by atoms with Gasteiger partial charge in [0.05, 0.1) is 12.2 Å². The van der Waals surface area contributed by atoms with Gasteiger partial charge in [0.2, 0.25) is 5.91 Å². The Balaban J connectivity index is 1.37. The molecule has 0 saturated carbocycles. The number of hydrogen-bond donors (Lipinski definition) is 3. The SMILES string of the molecule is CC(C)[C@@H](NC(=O)OCC1c2ccccc2-c2ccccc21)C(=O)NCc1cc(C(=O)O)n(C)n1. The van der Waals surface area contributed by atoms with E-state index in [0.717, 1.165) is 22.3 Å². The lowest BCUT2D eigenvalue weighted by Crippen LogP contribution is -2.49. The zero-order valence-corrected chi connectivity index (χ0v) is 19.8. The lowest BCUT2D eigenvalue weighted by Gasteiger charge is -2.22. The quantitative estimate of drug-likeness (QED) is 0.459. The molecule has 1 aliphatic carbocycles. The van der Waals surface area contributed by atoms with Gasteiger partial charge in [0.1, 0.15) is 18.3 Å². The maximum absolute atomic E-state index is 12.8. The molecule has 2 aromatic carbocycles. The summed E-state index contributed by atoms with van der Waals surface area (Å²) in [6.07, 6.45) is -0.674. The molecule has 182 valence electrons. The van der Waals surface area contributed by atoms with E-state index in [4.69, 9.17) is 9.84 Å². The van der Waals surface area contributed by atoms with Gasteiger partial charge < -0.3 is 20.5 Å². The van der Waals surface area contributed by atoms with Crippen LogP contribution in [0.15, 0.2) is 54.6 Å². The normalized spacial score (nSPS) is 13.1. The minimum atomic E-state index is -1.10. The Hall–Kier alpha value is -4.14. The van der Waals surface area contributed by atoms with Crippen molar-refractivity contribution in [3.63, 3.8) is 0 Å². The molecule has 1 heterocycles. The van der Waals surface area contributed by atoms with Gasteiger partial charge in [0.15, 0.2) is 0 Å². The van der Waals surface area contributed by atoms with Crippen molar-refractivity contribution in [3.05, 3.63) is 77.1 Å². The fourth-order valence-corrected chi connectivity index (χ4v) is 4.40. The number of fused-ring (bicyclic) bond motifs is 3. The number of rotatable bonds is 8. The topological polar surface area (TPSA) is 123 Å². The van der Waals surface area contributed by atoms with Crippen LogP contribution < -0.4 is 10.6 Å². The molecule has 0 spiro atoms. The molecule has 9 nitrogen and oxygen atoms in total. The maximum atomic E-state index is 12.8. The van der Waals surface area contributed by atoms with E-state index in [1.54, 1.807) is 0 Å². The highest BCUT2D eigenvalue weighted by atomic mass is 16.5. The maximum Gasteiger partial charge on any atom is 0.407 e. The molecule has 0 saturated heterocycles. The third kappa shape index (κ3) is 5.03. The molecule has 9 heteroatoms. The van der Waals surface area contributed by atoms with Gasteiger partial charge in [0.25, 0.3) is 0 Å². The first-order valence-electron chi connectivity index (χ1n) is 11.4. The summed E-state index contributed by atoms with van der Waals surface area (Å²) in [5.74, 6) is -1.79. The van der Waals surface area contributed by atoms with Gasteiger partial charge in [-0.15, -0.1) is 0 Å². The predicted octanol–water partition coefficient (Wildman–Crippen LogP) is 3.30. The van der Waals surface area contributed by atoms with E-state index in [2.05, 4.69) is 27.9 Å². The monoisotopic (exact) mass is 476 g/mol. The number of aromatic carboxylic acids is 1. The number of nitrogens with one attached hydrogen (secondary N) is 2. The number of carboxylic acids is 1. The molecule has 3 aromatic rings. The van der Waals surface area contributed by atoms with Crippen LogP contribution in [0.4, 0.5) is 4.79 Å². The zero-order valence-electron chi connectivity index (χ0n) is 19.8. The van der Waals surface area contributed by atoms with Gasteiger partial charge in [-0.1, -0.05) is 62.4 Å². The van der Waals surface area contributed by atoms with Crippen molar-refractivity contribution in [1.82, 2.24) is 20.4 Å². The number of aryl methyl sites for hydroxylation is 1. The highest BCUT2D eigenvalue weighted by molar-refractivity contribution is 5.87. The summed E-state index contributed by atoms with van der Waals surface area (Å²) in [5.41, 5.74) is 4.91. The Morgan fingerprint density at radius 3 is 2.20 bits per heavy atom. The van der Waals surface area contributed by atoms with E-state index in [9.17, 15) is 14.4 Å². The Morgan fingerprint density at radius 2 is 1.66 bits per heavy atom. The van der Waals surface area contributed by atoms with E-state index in [0.29, 0.717) is 5.69 Å². The standard InChI is InChI=1S/C26H28N4O5/c1-15(2)23(24(31)27-13-16-12-22(25(32)33)30(3)29-16)28-26(34)35-14-21-19-10-6-4-8-17(19)18-9-5-7-11-20(18)21/h4-12,15,21,23H,13-14H2,1-3H3,(H,27,31)(H,28,34)(H,32,33)/t23-/m1/s1. The molecule has 35 heavy (non-hydrogen) atoms. The van der Waals surface area contributed by atoms with Crippen molar-refractivity contribution in [1.29, 1.82) is 0 Å². The zero-order chi connectivity index (χ0) is 25.1. The van der Waals surface area contributed by atoms with E-state index >= 15 is 0 Å². The Bertz CT molecular complexity index is 1220. The second-order valence-corrected chi connectivity index (χ2v) is 8.86. The summed E-state index contributed by atoms with van der Waals surface area (Å²) in [6, 6.07) is 16.7. The van der Waals surface area contributed by atoms with E-state index < -0.39 is 24.0 Å². The summed E-state index contributed by atoms with van der Waals surface area (Å²) in [4.78, 5) is 36.6. The minimum Gasteiger partial charge on any atom is -0.477 e. The molecule has 4 rings (SSSR count). The number of carboxylic acid groups (broad SMARTS) is 1. The van der Waals surface area contributed by atoms with Gasteiger partial charge in [-0.25, -0.2) is 9.59 Å². The molecule has 0 bridgehead atoms. The number of carbonyl (C=O) groups is 3. The van der Waals surface area contributed by atoms with Crippen LogP contribution in [0, 0.1) is 5.92 Å². The van der Waals surface area contributed by atoms with Crippen LogP contribution in [0.1, 0.15) is 47.1 Å². The van der Waals surface area contributed by atoms with Crippen LogP contribution in [0.5, 0.6) is 0 Å². The van der Waals surface area contributed by atoms with Crippen LogP contribution in [0.3, 0.4) is 0 Å². The molecule has 0 aliphatic heterocycles. The molecular formula is C26H28N4O5. The predicted molar refractivity (Wildman–Crippen MR) is 129 cm³/mol. The number of hydrogen-bond acceptors (Lipinski definition) is 5. The Kier molecular flexibility index (Phi) is 6.86. The molecule has 2 amide bonds. The molecule has 0 unspecified atom stereocenters. The van der Waals surface area contributed by atoms with Crippen molar-refractivity contribution in [2.24, 2.45) is 13.0 Å². The number of nitrogens with zero attached hydrogens (tertiary/aromatic N) is 2. The van der Waals surface area contributed by atoms with Gasteiger partial charge in [-0.05, 0) is 34.2 Å². The van der Waals surface area contributed by atoms with E-state index in [1.807, 2.05) is 50.2 Å². The fourth-order valence-electron chi connectivity index (χ4n) is 4.40. The second-order valence-electron chi connectivity index (χ2n) is 8.86. The Morgan fingerprint density at radius 1 is 1.06 bits per heavy atom. The van der Waals surface area contributed by atoms with Crippen molar-refractivity contribution in [2.75, 3.05) is 6.61 Å². The largest absolute Gasteiger partial charge is 0.477 e. The minimum absolute atomic E-state index is 0.0198. The molecule has 0 fully saturated rings. The molecule has 1 aromatic heterocycles. The number of carbonyl (C=O) groups excluding carboxylic acids is 2. The first-order chi connectivity index (χ1) is 16.8. The van der Waals surface area contributed by atoms with E-state index in [1.165, 1.54) is 17.8 Å². The third-order valence-electron chi connectivity index (χ3n) is 6.16. The summed E-state index contributed by atoms with van der Waals surface area (Å²) < 4.78 is 6.80. The van der Waals surface area contributed by atoms with Gasteiger partial charge in [-0.2, -0.15) is 5.10 Å². The van der Waals surface area contributed by atoms with Gasteiger partial charge >= 0.3 is 12.1 Å². The van der Waals surface area contributed by atoms with Crippen molar-refractivity contribution >= 4 is 18.0 Å². The van der Waals surface area contributed by atoms with E-state index in [-0.39, 0.29) is 30.7 Å². The number of alkyl carbamates (subject to hydrolysis) is 1. The first kappa shape index (κ1) is 24.0. The van der Waals surface area contributed by atoms with Crippen LogP contribution in [0.2, 0.25) is 0 Å². The second kappa shape index (κ2) is 10.0. The van der Waals surface area contributed by atoms with Crippen molar-refractivity contribution in [2.45, 2.75) is 32.4 Å². The average Bonchev–Trinajstić information content (AvgIpc) is 3.37. The molecule has 1 atom stereocenters. The number of benzene rings is 2. The van der Waals surface area contributed by atoms with Crippen molar-refractivity contribution < 1.29 is 24.2 Å². The lowest BCUT2D eigenvalue weighted by atomic mass is 9.98. The fraction of sp³-hybridized carbons (Fsp3) is 0.308. The number of ether oxygens (including phenoxy) is 1. The van der Waals surface area contributed by atoms with Crippen LogP contribution in [-0.2, 0) is 23.1 Å². The van der Waals surface area contributed by atoms with Gasteiger partial charge in [0, 0.05) is 13.0 Å². The highest BCUT2D eigenvalue weighted by Gasteiger charge is 2.30. The van der Waals surface area contributed by atoms with Crippen LogP contribution in [0.25, 0.3) is 11.1 Å². The summed E-state index contributed by atoms with van der Waals surface area (Å²) in [5, 5.41) is 18.6. The summed E-state index contributed by atoms with van der Waals surface area (Å²) in [7, 11) is 1.52. The summed E-state index contributed by atoms with van der Waals surface area (Å²) >= 11 is 0. The van der Waals surface area contributed by atoms with Gasteiger partial charge in [-0.3, -0.25) is 9.48 Å². The third-order valence-corrected chi connectivity index (χ3v) is 6.16. The lowest BCUT2D eigenvalue weighted by molar-refractivity contribution is -0.124. The molecule has 1 aliphatic rings. The van der Waals surface area contributed by atoms with Crippen molar-refractivity contribution in [3.8, 4) is 11.1 Å². The summed E-state index contributed by atoms with van der Waals surface area (Å²) in [6.45, 7) is 3.82. The molecule has 0 radical (unpaired) electrons. The smallest absolute Gasteiger partial charge is 0.407 e. The highest BCUT2D eigenvalue weighted by Crippen LogP contribution is 2.44.